The van der Waals surface area contributed by atoms with E-state index in [4.69, 9.17) is 16.0 Å². The number of rotatable bonds is 3. The number of halogens is 1. The molecule has 0 fully saturated rings. The van der Waals surface area contributed by atoms with Gasteiger partial charge in [0.15, 0.2) is 0 Å². The first-order valence-electron chi connectivity index (χ1n) is 6.86. The molecule has 24 heavy (non-hydrogen) atoms. The number of aromatic nitrogens is 2. The molecular weight excluding hydrogens is 332 g/mol. The van der Waals surface area contributed by atoms with Crippen molar-refractivity contribution in [2.24, 2.45) is 0 Å². The van der Waals surface area contributed by atoms with Crippen molar-refractivity contribution in [3.05, 3.63) is 71.1 Å². The van der Waals surface area contributed by atoms with Gasteiger partial charge in [-0.1, -0.05) is 11.6 Å². The molecular formula is C16H11ClN4O3. The molecule has 0 saturated heterocycles. The lowest BCUT2D eigenvalue weighted by atomic mass is 10.1. The van der Waals surface area contributed by atoms with E-state index in [0.29, 0.717) is 27.6 Å². The van der Waals surface area contributed by atoms with Gasteiger partial charge in [0, 0.05) is 21.7 Å². The molecule has 0 aliphatic carbocycles. The molecule has 0 saturated carbocycles. The maximum Gasteiger partial charge on any atom is 0.269 e. The van der Waals surface area contributed by atoms with E-state index < -0.39 is 11.8 Å². The molecule has 0 aliphatic rings. The molecule has 3 rings (SSSR count). The van der Waals surface area contributed by atoms with Gasteiger partial charge >= 0.3 is 0 Å². The molecule has 0 atom stereocenters. The second kappa shape index (κ2) is 6.93. The minimum absolute atomic E-state index is 0.359. The summed E-state index contributed by atoms with van der Waals surface area (Å²) in [6.45, 7) is 0. The third kappa shape index (κ3) is 3.58. The van der Waals surface area contributed by atoms with Gasteiger partial charge in [0.05, 0.1) is 0 Å². The molecule has 1 aromatic heterocycles. The fourth-order valence-electron chi connectivity index (χ4n) is 1.92. The lowest BCUT2D eigenvalue weighted by molar-refractivity contribution is 0.0846. The van der Waals surface area contributed by atoms with Crippen molar-refractivity contribution in [3.8, 4) is 11.5 Å². The van der Waals surface area contributed by atoms with Gasteiger partial charge in [-0.3, -0.25) is 20.4 Å². The fraction of sp³-hybridized carbons (Fsp3) is 0. The minimum atomic E-state index is -0.450. The van der Waals surface area contributed by atoms with Crippen LogP contribution in [0.5, 0.6) is 0 Å². The van der Waals surface area contributed by atoms with Crippen molar-refractivity contribution < 1.29 is 14.0 Å². The highest BCUT2D eigenvalue weighted by Gasteiger charge is 2.10. The summed E-state index contributed by atoms with van der Waals surface area (Å²) in [7, 11) is 0. The zero-order chi connectivity index (χ0) is 16.9. The van der Waals surface area contributed by atoms with Crippen LogP contribution in [0.3, 0.4) is 0 Å². The van der Waals surface area contributed by atoms with E-state index >= 15 is 0 Å². The van der Waals surface area contributed by atoms with E-state index in [1.165, 1.54) is 6.39 Å². The molecule has 0 aliphatic heterocycles. The normalized spacial score (nSPS) is 10.2. The third-order valence-electron chi connectivity index (χ3n) is 3.15. The van der Waals surface area contributed by atoms with Crippen molar-refractivity contribution in [3.63, 3.8) is 0 Å². The topological polar surface area (TPSA) is 97.1 Å². The van der Waals surface area contributed by atoms with E-state index in [1.807, 2.05) is 0 Å². The van der Waals surface area contributed by atoms with E-state index in [9.17, 15) is 9.59 Å². The molecule has 2 N–H and O–H groups in total. The van der Waals surface area contributed by atoms with Crippen LogP contribution in [0, 0.1) is 0 Å². The zero-order valence-electron chi connectivity index (χ0n) is 12.2. The zero-order valence-corrected chi connectivity index (χ0v) is 12.9. The SMILES string of the molecule is O=C(NNC(=O)c1ccc(-c2nnco2)cc1)c1ccc(Cl)cc1. The van der Waals surface area contributed by atoms with Crippen molar-refractivity contribution in [2.45, 2.75) is 0 Å². The Kier molecular flexibility index (Phi) is 4.53. The molecule has 0 spiro atoms. The summed E-state index contributed by atoms with van der Waals surface area (Å²) in [4.78, 5) is 23.9. The molecule has 7 nitrogen and oxygen atoms in total. The van der Waals surface area contributed by atoms with Crippen LogP contribution < -0.4 is 10.9 Å². The van der Waals surface area contributed by atoms with Crippen LogP contribution in [-0.4, -0.2) is 22.0 Å². The van der Waals surface area contributed by atoms with Gasteiger partial charge in [0.2, 0.25) is 12.3 Å². The number of hydrazine groups is 1. The Morgan fingerprint density at radius 1 is 0.875 bits per heavy atom. The van der Waals surface area contributed by atoms with E-state index in [-0.39, 0.29) is 0 Å². The Morgan fingerprint density at radius 3 is 1.92 bits per heavy atom. The molecule has 2 amide bonds. The Balaban J connectivity index is 1.60. The van der Waals surface area contributed by atoms with Crippen LogP contribution in [0.25, 0.3) is 11.5 Å². The Labute approximate surface area is 141 Å². The average Bonchev–Trinajstić information content (AvgIpc) is 3.15. The number of carbonyl (C=O) groups is 2. The predicted molar refractivity (Wildman–Crippen MR) is 86.1 cm³/mol. The third-order valence-corrected chi connectivity index (χ3v) is 3.40. The summed E-state index contributed by atoms with van der Waals surface area (Å²) < 4.78 is 5.07. The largest absolute Gasteiger partial charge is 0.423 e. The van der Waals surface area contributed by atoms with Gasteiger partial charge in [0.25, 0.3) is 11.8 Å². The smallest absolute Gasteiger partial charge is 0.269 e. The van der Waals surface area contributed by atoms with Crippen LogP contribution in [0.15, 0.2) is 59.3 Å². The van der Waals surface area contributed by atoms with Crippen LogP contribution in [0.1, 0.15) is 20.7 Å². The Bertz CT molecular complexity index is 846. The summed E-state index contributed by atoms with van der Waals surface area (Å²) in [5, 5.41) is 7.89. The van der Waals surface area contributed by atoms with Gasteiger partial charge in [-0.15, -0.1) is 10.2 Å². The molecule has 0 radical (unpaired) electrons. The van der Waals surface area contributed by atoms with Gasteiger partial charge in [-0.25, -0.2) is 0 Å². The molecule has 3 aromatic rings. The van der Waals surface area contributed by atoms with Crippen LogP contribution in [-0.2, 0) is 0 Å². The lowest BCUT2D eigenvalue weighted by Gasteiger charge is -2.07. The summed E-state index contributed by atoms with van der Waals surface area (Å²) >= 11 is 5.76. The van der Waals surface area contributed by atoms with Crippen molar-refractivity contribution >= 4 is 23.4 Å². The number of hydrogen-bond donors (Lipinski definition) is 2. The maximum absolute atomic E-state index is 12.0. The van der Waals surface area contributed by atoms with E-state index in [1.54, 1.807) is 48.5 Å². The Hall–Kier alpha value is -3.19. The van der Waals surface area contributed by atoms with Gasteiger partial charge in [-0.2, -0.15) is 0 Å². The summed E-state index contributed by atoms with van der Waals surface area (Å²) in [6, 6.07) is 12.8. The number of amides is 2. The second-order valence-corrected chi connectivity index (χ2v) is 5.17. The number of nitrogens with zero attached hydrogens (tertiary/aromatic N) is 2. The fourth-order valence-corrected chi connectivity index (χ4v) is 2.05. The molecule has 8 heteroatoms. The lowest BCUT2D eigenvalue weighted by Crippen LogP contribution is -2.41. The number of hydrogen-bond acceptors (Lipinski definition) is 5. The number of benzene rings is 2. The Morgan fingerprint density at radius 2 is 1.42 bits per heavy atom. The highest BCUT2D eigenvalue weighted by molar-refractivity contribution is 6.30. The monoisotopic (exact) mass is 342 g/mol. The van der Waals surface area contributed by atoms with Crippen LogP contribution in [0.2, 0.25) is 5.02 Å². The number of carbonyl (C=O) groups excluding carboxylic acids is 2. The maximum atomic E-state index is 12.0. The first-order chi connectivity index (χ1) is 11.6. The number of nitrogens with one attached hydrogen (secondary N) is 2. The van der Waals surface area contributed by atoms with E-state index in [2.05, 4.69) is 21.0 Å². The minimum Gasteiger partial charge on any atom is -0.423 e. The van der Waals surface area contributed by atoms with Crippen molar-refractivity contribution in [2.75, 3.05) is 0 Å². The van der Waals surface area contributed by atoms with Crippen molar-refractivity contribution in [1.82, 2.24) is 21.0 Å². The highest BCUT2D eigenvalue weighted by atomic mass is 35.5. The average molecular weight is 343 g/mol. The first kappa shape index (κ1) is 15.7. The molecule has 1 heterocycles. The van der Waals surface area contributed by atoms with Crippen molar-refractivity contribution in [1.29, 1.82) is 0 Å². The summed E-state index contributed by atoms with van der Waals surface area (Å²) in [5.41, 5.74) is 6.12. The quantitative estimate of drug-likeness (QED) is 0.713. The van der Waals surface area contributed by atoms with Gasteiger partial charge in [-0.05, 0) is 48.5 Å². The summed E-state index contributed by atoms with van der Waals surface area (Å²) in [5.74, 6) is -0.533. The predicted octanol–water partition coefficient (Wildman–Crippen LogP) is 2.46. The van der Waals surface area contributed by atoms with Gasteiger partial charge < -0.3 is 4.42 Å². The standard InChI is InChI=1S/C16H11ClN4O3/c17-13-7-5-11(6-8-13)15(23)20-19-14(22)10-1-3-12(4-2-10)16-21-18-9-24-16/h1-9H,(H,19,22)(H,20,23). The molecule has 120 valence electrons. The molecule has 2 aromatic carbocycles. The summed E-state index contributed by atoms with van der Waals surface area (Å²) in [6.07, 6.45) is 1.22. The van der Waals surface area contributed by atoms with E-state index in [0.717, 1.165) is 0 Å². The van der Waals surface area contributed by atoms with Crippen LogP contribution >= 0.6 is 11.6 Å². The molecule has 0 bridgehead atoms. The molecule has 0 unspecified atom stereocenters. The second-order valence-electron chi connectivity index (χ2n) is 4.74. The highest BCUT2D eigenvalue weighted by Crippen LogP contribution is 2.16. The van der Waals surface area contributed by atoms with Gasteiger partial charge in [0.1, 0.15) is 0 Å². The first-order valence-corrected chi connectivity index (χ1v) is 7.24. The van der Waals surface area contributed by atoms with Crippen LogP contribution in [0.4, 0.5) is 0 Å².